The Hall–Kier alpha value is -1.34. The van der Waals surface area contributed by atoms with E-state index in [1.165, 1.54) is 0 Å². The molecule has 1 fully saturated rings. The van der Waals surface area contributed by atoms with Crippen molar-refractivity contribution in [1.29, 1.82) is 0 Å². The predicted molar refractivity (Wildman–Crippen MR) is 72.6 cm³/mol. The van der Waals surface area contributed by atoms with Crippen molar-refractivity contribution in [2.24, 2.45) is 5.92 Å². The van der Waals surface area contributed by atoms with E-state index in [1.54, 1.807) is 11.8 Å². The molecule has 1 saturated heterocycles. The number of carboxylic acid groups (broad SMARTS) is 1. The van der Waals surface area contributed by atoms with Gasteiger partial charge in [0.25, 0.3) is 0 Å². The van der Waals surface area contributed by atoms with Crippen LogP contribution in [0, 0.1) is 5.92 Å². The molecule has 108 valence electrons. The van der Waals surface area contributed by atoms with E-state index in [1.807, 2.05) is 12.2 Å². The van der Waals surface area contributed by atoms with Crippen molar-refractivity contribution in [2.75, 3.05) is 18.1 Å². The first kappa shape index (κ1) is 13.6. The molecule has 2 aliphatic rings. The van der Waals surface area contributed by atoms with Crippen molar-refractivity contribution >= 4 is 17.7 Å². The fourth-order valence-electron chi connectivity index (χ4n) is 2.53. The average molecular weight is 296 g/mol. The van der Waals surface area contributed by atoms with Crippen molar-refractivity contribution in [3.05, 3.63) is 23.9 Å². The topological polar surface area (TPSA) is 85.5 Å². The number of aromatic nitrogens is 2. The minimum atomic E-state index is -0.816. The molecule has 0 spiro atoms. The smallest absolute Gasteiger partial charge is 0.307 e. The molecule has 1 aromatic heterocycles. The summed E-state index contributed by atoms with van der Waals surface area (Å²) in [6, 6.07) is 0. The molecule has 6 nitrogen and oxygen atoms in total. The lowest BCUT2D eigenvalue weighted by Gasteiger charge is -2.21. The summed E-state index contributed by atoms with van der Waals surface area (Å²) in [6.07, 6.45) is 4.86. The zero-order valence-corrected chi connectivity index (χ0v) is 11.7. The highest BCUT2D eigenvalue weighted by molar-refractivity contribution is 7.99. The maximum Gasteiger partial charge on any atom is 0.307 e. The first-order chi connectivity index (χ1) is 9.75. The summed E-state index contributed by atoms with van der Waals surface area (Å²) in [4.78, 5) is 15.7. The molecule has 2 heterocycles. The molecule has 0 saturated carbocycles. The molecule has 1 aliphatic carbocycles. The third kappa shape index (κ3) is 2.73. The van der Waals surface area contributed by atoms with Crippen LogP contribution in [0.5, 0.6) is 0 Å². The molecule has 3 atom stereocenters. The van der Waals surface area contributed by atoms with Crippen molar-refractivity contribution in [3.63, 3.8) is 0 Å². The fourth-order valence-corrected chi connectivity index (χ4v) is 3.37. The fraction of sp³-hybridized carbons (Fsp3) is 0.615. The van der Waals surface area contributed by atoms with Gasteiger partial charge in [-0.05, 0) is 12.8 Å². The predicted octanol–water partition coefficient (Wildman–Crippen LogP) is 2.01. The summed E-state index contributed by atoms with van der Waals surface area (Å²) in [5, 5.41) is 13.2. The standard InChI is InChI=1S/C13H16N2O4S/c16-13(17)9-4-2-1-3-8(9)12-14-11(15-19-12)10-7-20-6-5-18-10/h1-2,8-10H,3-7H2,(H,16,17)/t8-,9+,10?/m1/s1. The second-order valence-electron chi connectivity index (χ2n) is 4.92. The van der Waals surface area contributed by atoms with E-state index < -0.39 is 11.9 Å². The largest absolute Gasteiger partial charge is 0.481 e. The molecule has 0 bridgehead atoms. The lowest BCUT2D eigenvalue weighted by atomic mass is 9.83. The highest BCUT2D eigenvalue weighted by atomic mass is 32.2. The Morgan fingerprint density at radius 1 is 1.40 bits per heavy atom. The maximum atomic E-state index is 11.3. The number of allylic oxidation sites excluding steroid dienone is 2. The molecule has 0 amide bonds. The molecular weight excluding hydrogens is 280 g/mol. The molecule has 0 radical (unpaired) electrons. The van der Waals surface area contributed by atoms with Crippen LogP contribution in [-0.4, -0.2) is 39.3 Å². The quantitative estimate of drug-likeness (QED) is 0.854. The molecule has 1 aliphatic heterocycles. The Balaban J connectivity index is 1.78. The van der Waals surface area contributed by atoms with Crippen molar-refractivity contribution < 1.29 is 19.2 Å². The van der Waals surface area contributed by atoms with E-state index in [9.17, 15) is 9.90 Å². The van der Waals surface area contributed by atoms with Crippen molar-refractivity contribution in [2.45, 2.75) is 24.9 Å². The van der Waals surface area contributed by atoms with E-state index >= 15 is 0 Å². The number of ether oxygens (including phenoxy) is 1. The normalized spacial score (nSPS) is 30.3. The van der Waals surface area contributed by atoms with Crippen LogP contribution in [0.1, 0.15) is 36.6 Å². The summed E-state index contributed by atoms with van der Waals surface area (Å²) >= 11 is 1.80. The van der Waals surface area contributed by atoms with Crippen molar-refractivity contribution in [1.82, 2.24) is 10.1 Å². The van der Waals surface area contributed by atoms with Crippen LogP contribution in [-0.2, 0) is 9.53 Å². The van der Waals surface area contributed by atoms with Crippen LogP contribution < -0.4 is 0 Å². The first-order valence-corrected chi connectivity index (χ1v) is 7.82. The third-order valence-corrected chi connectivity index (χ3v) is 4.62. The molecule has 3 rings (SSSR count). The Morgan fingerprint density at radius 2 is 2.25 bits per heavy atom. The number of thioether (sulfide) groups is 1. The molecule has 1 unspecified atom stereocenters. The number of carbonyl (C=O) groups is 1. The van der Waals surface area contributed by atoms with E-state index in [-0.39, 0.29) is 12.0 Å². The Bertz CT molecular complexity index is 510. The molecule has 7 heteroatoms. The van der Waals surface area contributed by atoms with E-state index in [0.29, 0.717) is 31.2 Å². The van der Waals surface area contributed by atoms with Gasteiger partial charge >= 0.3 is 5.97 Å². The van der Waals surface area contributed by atoms with Crippen molar-refractivity contribution in [3.8, 4) is 0 Å². The first-order valence-electron chi connectivity index (χ1n) is 6.66. The van der Waals surface area contributed by atoms with Gasteiger partial charge in [-0.2, -0.15) is 16.7 Å². The maximum absolute atomic E-state index is 11.3. The Kier molecular flexibility index (Phi) is 4.07. The molecule has 1 N–H and O–H groups in total. The van der Waals surface area contributed by atoms with Crippen LogP contribution in [0.3, 0.4) is 0 Å². The second kappa shape index (κ2) is 5.97. The van der Waals surface area contributed by atoms with Gasteiger partial charge in [-0.25, -0.2) is 0 Å². The summed E-state index contributed by atoms with van der Waals surface area (Å²) in [6.45, 7) is 0.684. The number of aliphatic carboxylic acids is 1. The van der Waals surface area contributed by atoms with Crippen LogP contribution in [0.15, 0.2) is 16.7 Å². The molecular formula is C13H16N2O4S. The zero-order chi connectivity index (χ0) is 13.9. The van der Waals surface area contributed by atoms with Gasteiger partial charge in [-0.3, -0.25) is 4.79 Å². The van der Waals surface area contributed by atoms with Crippen LogP contribution in [0.2, 0.25) is 0 Å². The van der Waals surface area contributed by atoms with Gasteiger partial charge in [-0.1, -0.05) is 17.3 Å². The highest BCUT2D eigenvalue weighted by Gasteiger charge is 2.34. The zero-order valence-electron chi connectivity index (χ0n) is 10.9. The SMILES string of the molecule is O=C(O)[C@H]1CC=CC[C@H]1c1nc(C2CSCCO2)no1. The monoisotopic (exact) mass is 296 g/mol. The van der Waals surface area contributed by atoms with Gasteiger partial charge in [0.15, 0.2) is 0 Å². The lowest BCUT2D eigenvalue weighted by Crippen LogP contribution is -2.24. The van der Waals surface area contributed by atoms with Gasteiger partial charge in [0.05, 0.1) is 18.4 Å². The van der Waals surface area contributed by atoms with Gasteiger partial charge in [-0.15, -0.1) is 0 Å². The number of carboxylic acids is 1. The lowest BCUT2D eigenvalue weighted by molar-refractivity contribution is -0.142. The van der Waals surface area contributed by atoms with Crippen LogP contribution in [0.25, 0.3) is 0 Å². The minimum absolute atomic E-state index is 0.145. The van der Waals surface area contributed by atoms with E-state index in [0.717, 1.165) is 11.5 Å². The number of rotatable bonds is 3. The Labute approximate surface area is 120 Å². The average Bonchev–Trinajstić information content (AvgIpc) is 2.98. The van der Waals surface area contributed by atoms with Gasteiger partial charge in [0.2, 0.25) is 11.7 Å². The van der Waals surface area contributed by atoms with Gasteiger partial charge < -0.3 is 14.4 Å². The number of hydrogen-bond acceptors (Lipinski definition) is 6. The van der Waals surface area contributed by atoms with Gasteiger partial charge in [0, 0.05) is 11.5 Å². The van der Waals surface area contributed by atoms with Crippen LogP contribution in [0.4, 0.5) is 0 Å². The minimum Gasteiger partial charge on any atom is -0.481 e. The number of hydrogen-bond donors (Lipinski definition) is 1. The highest BCUT2D eigenvalue weighted by Crippen LogP contribution is 2.35. The summed E-state index contributed by atoms with van der Waals surface area (Å²) < 4.78 is 10.9. The summed E-state index contributed by atoms with van der Waals surface area (Å²) in [5.41, 5.74) is 0. The van der Waals surface area contributed by atoms with Crippen LogP contribution >= 0.6 is 11.8 Å². The van der Waals surface area contributed by atoms with E-state index in [2.05, 4.69) is 10.1 Å². The third-order valence-electron chi connectivity index (χ3n) is 3.63. The number of nitrogens with zero attached hydrogens (tertiary/aromatic N) is 2. The molecule has 20 heavy (non-hydrogen) atoms. The summed E-state index contributed by atoms with van der Waals surface area (Å²) in [7, 11) is 0. The van der Waals surface area contributed by atoms with E-state index in [4.69, 9.17) is 9.26 Å². The Morgan fingerprint density at radius 3 is 3.00 bits per heavy atom. The molecule has 0 aromatic carbocycles. The van der Waals surface area contributed by atoms with Gasteiger partial charge in [0.1, 0.15) is 6.10 Å². The summed E-state index contributed by atoms with van der Waals surface area (Å²) in [5.74, 6) is 1.19. The molecule has 1 aromatic rings. The second-order valence-corrected chi connectivity index (χ2v) is 6.07.